The summed E-state index contributed by atoms with van der Waals surface area (Å²) in [5.74, 6) is 0.339. The van der Waals surface area contributed by atoms with Gasteiger partial charge in [-0.1, -0.05) is 17.7 Å². The molecule has 26 heavy (non-hydrogen) atoms. The smallest absolute Gasteiger partial charge is 0.240 e. The predicted octanol–water partition coefficient (Wildman–Crippen LogP) is 2.45. The van der Waals surface area contributed by atoms with Crippen LogP contribution in [0.2, 0.25) is 0 Å². The number of nitrogens with zero attached hydrogens (tertiary/aromatic N) is 2. The van der Waals surface area contributed by atoms with Gasteiger partial charge >= 0.3 is 0 Å². The number of carbonyl (C=O) groups is 1. The first-order valence-electron chi connectivity index (χ1n) is 9.01. The summed E-state index contributed by atoms with van der Waals surface area (Å²) in [7, 11) is -1.75. The highest BCUT2D eigenvalue weighted by atomic mass is 32.2. The van der Waals surface area contributed by atoms with Crippen molar-refractivity contribution >= 4 is 15.9 Å². The van der Waals surface area contributed by atoms with Crippen LogP contribution in [0.1, 0.15) is 37.7 Å². The van der Waals surface area contributed by atoms with E-state index >= 15 is 0 Å². The van der Waals surface area contributed by atoms with Crippen LogP contribution < -0.4 is 4.72 Å². The third-order valence-electron chi connectivity index (χ3n) is 5.02. The number of benzene rings is 1. The lowest BCUT2D eigenvalue weighted by Crippen LogP contribution is -2.37. The number of aryl methyl sites for hydroxylation is 1. The molecule has 1 aliphatic carbocycles. The van der Waals surface area contributed by atoms with Crippen LogP contribution in [-0.2, 0) is 14.8 Å². The van der Waals surface area contributed by atoms with Gasteiger partial charge < -0.3 is 4.90 Å². The van der Waals surface area contributed by atoms with Crippen molar-refractivity contribution < 1.29 is 13.2 Å². The topological polar surface area (TPSA) is 90.3 Å². The van der Waals surface area contributed by atoms with E-state index in [9.17, 15) is 13.2 Å². The fourth-order valence-electron chi connectivity index (χ4n) is 3.28. The van der Waals surface area contributed by atoms with Crippen LogP contribution in [0.4, 0.5) is 0 Å². The van der Waals surface area contributed by atoms with Crippen molar-refractivity contribution in [3.8, 4) is 6.07 Å². The summed E-state index contributed by atoms with van der Waals surface area (Å²) < 4.78 is 27.4. The van der Waals surface area contributed by atoms with E-state index in [1.165, 1.54) is 0 Å². The van der Waals surface area contributed by atoms with E-state index in [4.69, 9.17) is 5.26 Å². The van der Waals surface area contributed by atoms with E-state index in [0.29, 0.717) is 19.5 Å². The normalized spacial score (nSPS) is 20.3. The molecule has 7 heteroatoms. The molecule has 0 radical (unpaired) electrons. The van der Waals surface area contributed by atoms with Crippen molar-refractivity contribution in [3.63, 3.8) is 0 Å². The molecule has 0 heterocycles. The number of hydrogen-bond acceptors (Lipinski definition) is 4. The quantitative estimate of drug-likeness (QED) is 0.790. The van der Waals surface area contributed by atoms with Crippen molar-refractivity contribution in [1.82, 2.24) is 9.62 Å². The molecule has 0 unspecified atom stereocenters. The second kappa shape index (κ2) is 9.15. The largest absolute Gasteiger partial charge is 0.344 e. The Morgan fingerprint density at radius 1 is 1.23 bits per heavy atom. The number of nitriles is 1. The van der Waals surface area contributed by atoms with Gasteiger partial charge in [-0.2, -0.15) is 5.26 Å². The van der Waals surface area contributed by atoms with Crippen molar-refractivity contribution in [2.45, 2.75) is 43.9 Å². The Kier molecular flexibility index (Phi) is 7.18. The summed E-state index contributed by atoms with van der Waals surface area (Å²) in [5.41, 5.74) is 1.02. The van der Waals surface area contributed by atoms with Gasteiger partial charge in [-0.05, 0) is 50.7 Å². The second-order valence-electron chi connectivity index (χ2n) is 7.05. The van der Waals surface area contributed by atoms with E-state index in [0.717, 1.165) is 31.2 Å². The van der Waals surface area contributed by atoms with Gasteiger partial charge in [0.05, 0.1) is 17.4 Å². The zero-order valence-electron chi connectivity index (χ0n) is 15.4. The molecule has 1 aromatic rings. The van der Waals surface area contributed by atoms with Crippen LogP contribution in [-0.4, -0.2) is 39.4 Å². The zero-order valence-corrected chi connectivity index (χ0v) is 16.3. The molecule has 2 rings (SSSR count). The van der Waals surface area contributed by atoms with Gasteiger partial charge in [0.1, 0.15) is 0 Å². The van der Waals surface area contributed by atoms with Gasteiger partial charge in [0.2, 0.25) is 15.9 Å². The van der Waals surface area contributed by atoms with Gasteiger partial charge in [-0.3, -0.25) is 4.79 Å². The van der Waals surface area contributed by atoms with Crippen LogP contribution in [0.25, 0.3) is 0 Å². The van der Waals surface area contributed by atoms with E-state index in [1.54, 1.807) is 36.2 Å². The monoisotopic (exact) mass is 377 g/mol. The summed E-state index contributed by atoms with van der Waals surface area (Å²) in [6, 6.07) is 8.85. The second-order valence-corrected chi connectivity index (χ2v) is 8.82. The number of hydrogen-bond donors (Lipinski definition) is 1. The fourth-order valence-corrected chi connectivity index (χ4v) is 4.40. The SMILES string of the molecule is Cc1ccc(S(=O)(=O)NCC2CCC(C(=O)N(C)CCC#N)CC2)cc1. The molecule has 1 aliphatic rings. The van der Waals surface area contributed by atoms with Gasteiger partial charge in [0.15, 0.2) is 0 Å². The van der Waals surface area contributed by atoms with Crippen molar-refractivity contribution in [3.05, 3.63) is 29.8 Å². The molecule has 0 saturated heterocycles. The van der Waals surface area contributed by atoms with Crippen LogP contribution in [0.3, 0.4) is 0 Å². The van der Waals surface area contributed by atoms with Crippen molar-refractivity contribution in [2.24, 2.45) is 11.8 Å². The third kappa shape index (κ3) is 5.55. The number of rotatable bonds is 7. The van der Waals surface area contributed by atoms with Gasteiger partial charge in [-0.15, -0.1) is 0 Å². The molecule has 1 saturated carbocycles. The molecule has 0 bridgehead atoms. The Morgan fingerprint density at radius 3 is 2.42 bits per heavy atom. The summed E-state index contributed by atoms with van der Waals surface area (Å²) >= 11 is 0. The molecule has 0 aromatic heterocycles. The van der Waals surface area contributed by atoms with E-state index in [1.807, 2.05) is 6.92 Å². The Morgan fingerprint density at radius 2 is 1.85 bits per heavy atom. The van der Waals surface area contributed by atoms with Crippen LogP contribution in [0.15, 0.2) is 29.2 Å². The lowest BCUT2D eigenvalue weighted by atomic mass is 9.81. The molecular formula is C19H27N3O3S. The number of nitrogens with one attached hydrogen (secondary N) is 1. The van der Waals surface area contributed by atoms with Gasteiger partial charge in [-0.25, -0.2) is 13.1 Å². The molecule has 1 amide bonds. The van der Waals surface area contributed by atoms with Crippen LogP contribution in [0.5, 0.6) is 0 Å². The van der Waals surface area contributed by atoms with Crippen molar-refractivity contribution in [1.29, 1.82) is 5.26 Å². The molecule has 1 aromatic carbocycles. The fraction of sp³-hybridized carbons (Fsp3) is 0.579. The maximum absolute atomic E-state index is 12.4. The molecule has 1 N–H and O–H groups in total. The molecule has 0 atom stereocenters. The number of amides is 1. The Balaban J connectivity index is 1.81. The summed E-state index contributed by atoms with van der Waals surface area (Å²) in [6.45, 7) is 2.79. The third-order valence-corrected chi connectivity index (χ3v) is 6.46. The van der Waals surface area contributed by atoms with Gasteiger partial charge in [0, 0.05) is 26.1 Å². The molecule has 0 aliphatic heterocycles. The summed E-state index contributed by atoms with van der Waals surface area (Å²) in [4.78, 5) is 14.3. The lowest BCUT2D eigenvalue weighted by Gasteiger charge is -2.30. The predicted molar refractivity (Wildman–Crippen MR) is 99.7 cm³/mol. The molecule has 1 fully saturated rings. The maximum atomic E-state index is 12.4. The van der Waals surface area contributed by atoms with Gasteiger partial charge in [0.25, 0.3) is 0 Å². The Labute approximate surface area is 156 Å². The number of sulfonamides is 1. The molecular weight excluding hydrogens is 350 g/mol. The average molecular weight is 378 g/mol. The minimum atomic E-state index is -3.49. The highest BCUT2D eigenvalue weighted by Gasteiger charge is 2.28. The number of carbonyl (C=O) groups excluding carboxylic acids is 1. The summed E-state index contributed by atoms with van der Waals surface area (Å²) in [5, 5.41) is 8.62. The van der Waals surface area contributed by atoms with Crippen LogP contribution in [0, 0.1) is 30.1 Å². The van der Waals surface area contributed by atoms with E-state index < -0.39 is 10.0 Å². The molecule has 6 nitrogen and oxygen atoms in total. The standard InChI is InChI=1S/C19H27N3O3S/c1-15-4-10-18(11-5-15)26(24,25)21-14-16-6-8-17(9-7-16)19(23)22(2)13-3-12-20/h4-5,10-11,16-17,21H,3,6-9,13-14H2,1-2H3. The minimum Gasteiger partial charge on any atom is -0.344 e. The average Bonchev–Trinajstić information content (AvgIpc) is 2.64. The minimum absolute atomic E-state index is 0.0105. The highest BCUT2D eigenvalue weighted by molar-refractivity contribution is 7.89. The van der Waals surface area contributed by atoms with Crippen LogP contribution >= 0.6 is 0 Å². The molecule has 0 spiro atoms. The first-order valence-corrected chi connectivity index (χ1v) is 10.5. The first-order chi connectivity index (χ1) is 12.3. The molecule has 142 valence electrons. The Bertz CT molecular complexity index is 745. The highest BCUT2D eigenvalue weighted by Crippen LogP contribution is 2.30. The Hall–Kier alpha value is -1.91. The van der Waals surface area contributed by atoms with Crippen molar-refractivity contribution in [2.75, 3.05) is 20.1 Å². The summed E-state index contributed by atoms with van der Waals surface area (Å²) in [6.07, 6.45) is 3.55. The maximum Gasteiger partial charge on any atom is 0.240 e. The van der Waals surface area contributed by atoms with E-state index in [-0.39, 0.29) is 22.6 Å². The lowest BCUT2D eigenvalue weighted by molar-refractivity contribution is -0.135. The van der Waals surface area contributed by atoms with E-state index in [2.05, 4.69) is 10.8 Å². The first kappa shape index (κ1) is 20.4. The zero-order chi connectivity index (χ0) is 19.2.